The number of imidazole rings is 1. The average molecular weight is 698 g/mol. The third kappa shape index (κ3) is 7.73. The highest BCUT2D eigenvalue weighted by atomic mass is 28.4. The largest absolute Gasteiger partial charge is 0.413 e. The van der Waals surface area contributed by atoms with Crippen LogP contribution >= 0.6 is 0 Å². The van der Waals surface area contributed by atoms with E-state index in [1.54, 1.807) is 6.07 Å². The monoisotopic (exact) mass is 697 g/mol. The molecule has 4 heterocycles. The first-order valence-electron chi connectivity index (χ1n) is 17.6. The second kappa shape index (κ2) is 14.2. The zero-order chi connectivity index (χ0) is 35.8. The summed E-state index contributed by atoms with van der Waals surface area (Å²) >= 11 is 0. The van der Waals surface area contributed by atoms with Gasteiger partial charge in [-0.2, -0.15) is 0 Å². The van der Waals surface area contributed by atoms with Gasteiger partial charge in [-0.15, -0.1) is 0 Å². The first kappa shape index (κ1) is 35.6. The van der Waals surface area contributed by atoms with Crippen molar-refractivity contribution >= 4 is 36.8 Å². The van der Waals surface area contributed by atoms with Crippen molar-refractivity contribution < 1.29 is 13.2 Å². The third-order valence-corrected chi connectivity index (χ3v) is 14.8. The van der Waals surface area contributed by atoms with Crippen molar-refractivity contribution in [3.63, 3.8) is 0 Å². The van der Waals surface area contributed by atoms with Crippen LogP contribution in [-0.2, 0) is 17.5 Å². The van der Waals surface area contributed by atoms with Gasteiger partial charge in [-0.1, -0.05) is 39.0 Å². The summed E-state index contributed by atoms with van der Waals surface area (Å²) in [4.78, 5) is 20.0. The van der Waals surface area contributed by atoms with Gasteiger partial charge < -0.3 is 19.2 Å². The molecular formula is C39H49F2N7OSi. The number of hydrogen-bond acceptors (Lipinski definition) is 7. The minimum Gasteiger partial charge on any atom is -0.413 e. The van der Waals surface area contributed by atoms with Crippen molar-refractivity contribution in [3.8, 4) is 11.3 Å². The van der Waals surface area contributed by atoms with Crippen LogP contribution in [0.4, 0.5) is 26.2 Å². The number of aryl methyl sites for hydroxylation is 1. The van der Waals surface area contributed by atoms with Crippen LogP contribution in [0.25, 0.3) is 22.3 Å². The van der Waals surface area contributed by atoms with E-state index in [-0.39, 0.29) is 28.2 Å². The Morgan fingerprint density at radius 1 is 0.920 bits per heavy atom. The predicted molar refractivity (Wildman–Crippen MR) is 200 cm³/mol. The Morgan fingerprint density at radius 3 is 2.26 bits per heavy atom. The first-order chi connectivity index (χ1) is 23.7. The molecule has 0 radical (unpaired) electrons. The van der Waals surface area contributed by atoms with Gasteiger partial charge >= 0.3 is 0 Å². The minimum atomic E-state index is -1.77. The van der Waals surface area contributed by atoms with Gasteiger partial charge in [-0.25, -0.2) is 28.7 Å². The number of nitrogens with zero attached hydrogens (tertiary/aromatic N) is 6. The number of piperidine rings is 1. The Balaban J connectivity index is 1.04. The second-order valence-electron chi connectivity index (χ2n) is 15.4. The van der Waals surface area contributed by atoms with Crippen molar-refractivity contribution in [1.82, 2.24) is 24.5 Å². The minimum absolute atomic E-state index is 0.00650. The summed E-state index contributed by atoms with van der Waals surface area (Å²) < 4.78 is 38.4. The van der Waals surface area contributed by atoms with Gasteiger partial charge in [-0.05, 0) is 106 Å². The summed E-state index contributed by atoms with van der Waals surface area (Å²) in [7, 11) is -1.77. The Kier molecular flexibility index (Phi) is 10.1. The molecule has 50 heavy (non-hydrogen) atoms. The smallest absolute Gasteiger partial charge is 0.229 e. The van der Waals surface area contributed by atoms with E-state index in [1.807, 2.05) is 37.6 Å². The van der Waals surface area contributed by atoms with Gasteiger partial charge in [0.15, 0.2) is 20.0 Å². The third-order valence-electron chi connectivity index (χ3n) is 10.4. The summed E-state index contributed by atoms with van der Waals surface area (Å²) in [5, 5.41) is 3.29. The van der Waals surface area contributed by atoms with Gasteiger partial charge in [-0.3, -0.25) is 0 Å². The van der Waals surface area contributed by atoms with Crippen LogP contribution in [0.2, 0.25) is 18.1 Å². The summed E-state index contributed by atoms with van der Waals surface area (Å²) in [6, 6.07) is 15.9. The van der Waals surface area contributed by atoms with E-state index in [2.05, 4.69) is 94.3 Å². The first-order valence-corrected chi connectivity index (χ1v) is 20.5. The SMILES string of the molecule is Cc1nc2c(F)cc(-c3nc(Nc4ccc(CC5CCN(c6ccc(CO[Si](C)(C)C(C)(C)C)cc6)CC5)cn4)ncc3F)cc2n1C(C)C. The molecule has 0 amide bonds. The molecule has 0 bridgehead atoms. The van der Waals surface area contributed by atoms with Crippen LogP contribution < -0.4 is 10.2 Å². The summed E-state index contributed by atoms with van der Waals surface area (Å²) in [6.07, 6.45) is 6.17. The van der Waals surface area contributed by atoms with Gasteiger partial charge in [0.2, 0.25) is 5.95 Å². The Morgan fingerprint density at radius 2 is 1.62 bits per heavy atom. The average Bonchev–Trinajstić information content (AvgIpc) is 3.42. The van der Waals surface area contributed by atoms with Gasteiger partial charge in [0, 0.05) is 36.6 Å². The van der Waals surface area contributed by atoms with Crippen molar-refractivity contribution in [2.24, 2.45) is 5.92 Å². The van der Waals surface area contributed by atoms with E-state index in [4.69, 9.17) is 4.43 Å². The molecule has 1 N–H and O–H groups in total. The van der Waals surface area contributed by atoms with Crippen molar-refractivity contribution in [1.29, 1.82) is 0 Å². The molecule has 0 saturated carbocycles. The van der Waals surface area contributed by atoms with Gasteiger partial charge in [0.05, 0.1) is 18.3 Å². The van der Waals surface area contributed by atoms with Gasteiger partial charge in [0.25, 0.3) is 0 Å². The highest BCUT2D eigenvalue weighted by molar-refractivity contribution is 6.74. The van der Waals surface area contributed by atoms with Crippen LogP contribution in [0.5, 0.6) is 0 Å². The van der Waals surface area contributed by atoms with Crippen LogP contribution in [0.3, 0.4) is 0 Å². The van der Waals surface area contributed by atoms with Crippen molar-refractivity contribution in [2.75, 3.05) is 23.3 Å². The molecular weight excluding hydrogens is 649 g/mol. The molecule has 1 saturated heterocycles. The molecule has 2 aromatic carbocycles. The zero-order valence-corrected chi connectivity index (χ0v) is 31.5. The maximum absolute atomic E-state index is 15.1. The number of fused-ring (bicyclic) bond motifs is 1. The Bertz CT molecular complexity index is 1950. The van der Waals surface area contributed by atoms with E-state index >= 15 is 4.39 Å². The lowest BCUT2D eigenvalue weighted by atomic mass is 9.90. The summed E-state index contributed by atoms with van der Waals surface area (Å²) in [5.41, 5.74) is 4.84. The number of benzene rings is 2. The lowest BCUT2D eigenvalue weighted by molar-refractivity contribution is 0.276. The summed E-state index contributed by atoms with van der Waals surface area (Å²) in [6.45, 7) is 20.0. The number of rotatable bonds is 10. The lowest BCUT2D eigenvalue weighted by Crippen LogP contribution is -2.40. The summed E-state index contributed by atoms with van der Waals surface area (Å²) in [5.74, 6) is 0.850. The van der Waals surface area contributed by atoms with Crippen LogP contribution in [0.15, 0.2) is 60.9 Å². The topological polar surface area (TPSA) is 81.0 Å². The molecule has 5 aromatic rings. The Hall–Kier alpha value is -4.22. The van der Waals surface area contributed by atoms with E-state index in [1.165, 1.54) is 22.9 Å². The standard InChI is InChI=1S/C39H49F2N7OSi/c1-25(2)48-26(3)44-37-32(40)20-30(21-34(37)48)36-33(41)23-43-38(46-36)45-35-14-11-29(22-42-35)19-27-15-17-47(18-16-27)31-12-9-28(10-13-31)24-49-50(7,8)39(4,5)6/h9-14,20-23,25,27H,15-19,24H2,1-8H3,(H,42,43,45,46). The molecule has 8 nitrogen and oxygen atoms in total. The number of hydrogen-bond donors (Lipinski definition) is 1. The molecule has 1 fully saturated rings. The molecule has 0 atom stereocenters. The number of halogens is 2. The number of aromatic nitrogens is 5. The number of nitrogens with one attached hydrogen (secondary N) is 1. The normalized spacial score (nSPS) is 14.6. The molecule has 1 aliphatic rings. The maximum Gasteiger partial charge on any atom is 0.229 e. The fraction of sp³-hybridized carbons (Fsp3) is 0.436. The van der Waals surface area contributed by atoms with E-state index < -0.39 is 20.0 Å². The van der Waals surface area contributed by atoms with E-state index in [9.17, 15) is 4.39 Å². The predicted octanol–water partition coefficient (Wildman–Crippen LogP) is 9.78. The molecule has 6 rings (SSSR count). The quantitative estimate of drug-likeness (QED) is 0.146. The lowest BCUT2D eigenvalue weighted by Gasteiger charge is -2.36. The van der Waals surface area contributed by atoms with Crippen molar-refractivity contribution in [2.45, 2.75) is 91.6 Å². The molecule has 3 aromatic heterocycles. The number of anilines is 3. The number of pyridine rings is 1. The highest BCUT2D eigenvalue weighted by Gasteiger charge is 2.37. The molecule has 1 aliphatic heterocycles. The maximum atomic E-state index is 15.1. The fourth-order valence-electron chi connectivity index (χ4n) is 6.43. The highest BCUT2D eigenvalue weighted by Crippen LogP contribution is 2.37. The zero-order valence-electron chi connectivity index (χ0n) is 30.5. The van der Waals surface area contributed by atoms with Gasteiger partial charge in [0.1, 0.15) is 22.9 Å². The molecule has 11 heteroatoms. The van der Waals surface area contributed by atoms with Crippen LogP contribution in [-0.4, -0.2) is 45.9 Å². The fourth-order valence-corrected chi connectivity index (χ4v) is 7.39. The van der Waals surface area contributed by atoms with Crippen LogP contribution in [0.1, 0.15) is 70.5 Å². The molecule has 264 valence electrons. The van der Waals surface area contributed by atoms with E-state index in [0.29, 0.717) is 35.2 Å². The Labute approximate surface area is 295 Å². The second-order valence-corrected chi connectivity index (χ2v) is 20.2. The van der Waals surface area contributed by atoms with Crippen molar-refractivity contribution in [3.05, 3.63) is 89.5 Å². The molecule has 0 aliphatic carbocycles. The van der Waals surface area contributed by atoms with Crippen LogP contribution in [0, 0.1) is 24.5 Å². The van der Waals surface area contributed by atoms with E-state index in [0.717, 1.165) is 38.5 Å². The molecule has 0 spiro atoms. The molecule has 0 unspecified atom stereocenters.